The van der Waals surface area contributed by atoms with Crippen LogP contribution in [-0.4, -0.2) is 7.05 Å². The second-order valence-corrected chi connectivity index (χ2v) is 4.43. The summed E-state index contributed by atoms with van der Waals surface area (Å²) in [6.45, 7) is 0.602. The van der Waals surface area contributed by atoms with E-state index < -0.39 is 11.6 Å². The molecule has 0 amide bonds. The molecule has 18 heavy (non-hydrogen) atoms. The van der Waals surface area contributed by atoms with Crippen molar-refractivity contribution in [2.45, 2.75) is 6.54 Å². The summed E-state index contributed by atoms with van der Waals surface area (Å²) in [7, 11) is 1.81. The Balaban J connectivity index is 2.57. The average molecular weight is 268 g/mol. The lowest BCUT2D eigenvalue weighted by atomic mass is 9.99. The molecule has 2 aromatic rings. The van der Waals surface area contributed by atoms with E-state index in [0.717, 1.165) is 17.2 Å². The molecule has 0 heterocycles. The van der Waals surface area contributed by atoms with Gasteiger partial charge in [0.1, 0.15) is 11.6 Å². The monoisotopic (exact) mass is 267 g/mol. The van der Waals surface area contributed by atoms with E-state index in [-0.39, 0.29) is 0 Å². The molecule has 0 saturated heterocycles. The Bertz CT molecular complexity index is 549. The molecule has 0 unspecified atom stereocenters. The fourth-order valence-corrected chi connectivity index (χ4v) is 2.04. The maximum atomic E-state index is 13.2. The molecule has 0 aliphatic carbocycles. The summed E-state index contributed by atoms with van der Waals surface area (Å²) in [6.07, 6.45) is 0. The Kier molecular flexibility index (Phi) is 3.94. The zero-order valence-corrected chi connectivity index (χ0v) is 10.6. The molecule has 2 rings (SSSR count). The molecule has 0 aliphatic rings. The first-order chi connectivity index (χ1) is 8.60. The van der Waals surface area contributed by atoms with Gasteiger partial charge in [-0.1, -0.05) is 17.7 Å². The fourth-order valence-electron chi connectivity index (χ4n) is 1.87. The van der Waals surface area contributed by atoms with Gasteiger partial charge in [0.2, 0.25) is 0 Å². The number of hydrogen-bond donors (Lipinski definition) is 1. The Labute approximate surface area is 109 Å². The molecule has 0 fully saturated rings. The van der Waals surface area contributed by atoms with Gasteiger partial charge in [0, 0.05) is 17.6 Å². The van der Waals surface area contributed by atoms with Crippen LogP contribution in [0.15, 0.2) is 36.4 Å². The quantitative estimate of drug-likeness (QED) is 0.886. The van der Waals surface area contributed by atoms with E-state index in [4.69, 9.17) is 11.6 Å². The fraction of sp³-hybridized carbons (Fsp3) is 0.143. The van der Waals surface area contributed by atoms with Crippen LogP contribution in [-0.2, 0) is 6.54 Å². The Hall–Kier alpha value is -1.45. The van der Waals surface area contributed by atoms with Gasteiger partial charge in [0.25, 0.3) is 0 Å². The lowest BCUT2D eigenvalue weighted by molar-refractivity contribution is 0.584. The molecule has 0 spiro atoms. The van der Waals surface area contributed by atoms with Crippen LogP contribution in [0.2, 0.25) is 5.02 Å². The molecule has 0 bridgehead atoms. The highest BCUT2D eigenvalue weighted by Gasteiger charge is 2.08. The first-order valence-electron chi connectivity index (χ1n) is 5.49. The summed E-state index contributed by atoms with van der Waals surface area (Å²) in [5.41, 5.74) is 2.16. The summed E-state index contributed by atoms with van der Waals surface area (Å²) < 4.78 is 26.5. The van der Waals surface area contributed by atoms with Crippen LogP contribution in [0.4, 0.5) is 8.78 Å². The van der Waals surface area contributed by atoms with Gasteiger partial charge in [-0.05, 0) is 48.0 Å². The molecular weight excluding hydrogens is 256 g/mol. The molecule has 0 aromatic heterocycles. The number of nitrogens with one attached hydrogen (secondary N) is 1. The van der Waals surface area contributed by atoms with Crippen molar-refractivity contribution in [2.24, 2.45) is 0 Å². The first kappa shape index (κ1) is 13.0. The van der Waals surface area contributed by atoms with Crippen LogP contribution in [0.25, 0.3) is 11.1 Å². The van der Waals surface area contributed by atoms with Crippen molar-refractivity contribution in [2.75, 3.05) is 7.05 Å². The maximum absolute atomic E-state index is 13.2. The predicted octanol–water partition coefficient (Wildman–Crippen LogP) is 4.00. The zero-order chi connectivity index (χ0) is 13.1. The highest BCUT2D eigenvalue weighted by molar-refractivity contribution is 6.30. The summed E-state index contributed by atoms with van der Waals surface area (Å²) in [6, 6.07) is 8.76. The third kappa shape index (κ3) is 2.86. The molecule has 2 aromatic carbocycles. The molecule has 1 nitrogen and oxygen atoms in total. The van der Waals surface area contributed by atoms with Crippen molar-refractivity contribution in [1.29, 1.82) is 0 Å². The van der Waals surface area contributed by atoms with Gasteiger partial charge in [-0.2, -0.15) is 0 Å². The van der Waals surface area contributed by atoms with Crippen molar-refractivity contribution < 1.29 is 8.78 Å². The molecule has 94 valence electrons. The van der Waals surface area contributed by atoms with Crippen LogP contribution in [0.5, 0.6) is 0 Å². The molecule has 4 heteroatoms. The Morgan fingerprint density at radius 3 is 2.33 bits per heavy atom. The lowest BCUT2D eigenvalue weighted by Crippen LogP contribution is -2.06. The number of rotatable bonds is 3. The standard InChI is InChI=1S/C14H12ClF2N/c1-18-8-9-2-3-11(15)6-14(9)10-4-12(16)7-13(17)5-10/h2-7,18H,8H2,1H3. The maximum Gasteiger partial charge on any atom is 0.126 e. The van der Waals surface area contributed by atoms with Gasteiger partial charge in [-0.25, -0.2) is 8.78 Å². The van der Waals surface area contributed by atoms with E-state index >= 15 is 0 Å². The van der Waals surface area contributed by atoms with Crippen molar-refractivity contribution in [3.05, 3.63) is 58.6 Å². The normalized spacial score (nSPS) is 10.7. The van der Waals surface area contributed by atoms with E-state index in [1.807, 2.05) is 13.1 Å². The third-order valence-electron chi connectivity index (χ3n) is 2.61. The lowest BCUT2D eigenvalue weighted by Gasteiger charge is -2.10. The molecular formula is C14H12ClF2N. The zero-order valence-electron chi connectivity index (χ0n) is 9.81. The van der Waals surface area contributed by atoms with Crippen LogP contribution in [0.1, 0.15) is 5.56 Å². The third-order valence-corrected chi connectivity index (χ3v) is 2.85. The predicted molar refractivity (Wildman–Crippen MR) is 69.6 cm³/mol. The largest absolute Gasteiger partial charge is 0.316 e. The van der Waals surface area contributed by atoms with Gasteiger partial charge in [-0.15, -0.1) is 0 Å². The van der Waals surface area contributed by atoms with E-state index in [0.29, 0.717) is 17.1 Å². The summed E-state index contributed by atoms with van der Waals surface area (Å²) in [5, 5.41) is 3.55. The van der Waals surface area contributed by atoms with Crippen molar-refractivity contribution in [3.8, 4) is 11.1 Å². The number of hydrogen-bond acceptors (Lipinski definition) is 1. The SMILES string of the molecule is CNCc1ccc(Cl)cc1-c1cc(F)cc(F)c1. The Morgan fingerprint density at radius 2 is 1.72 bits per heavy atom. The van der Waals surface area contributed by atoms with E-state index in [1.165, 1.54) is 12.1 Å². The topological polar surface area (TPSA) is 12.0 Å². The average Bonchev–Trinajstić information content (AvgIpc) is 2.30. The molecule has 0 atom stereocenters. The minimum absolute atomic E-state index is 0.486. The minimum Gasteiger partial charge on any atom is -0.316 e. The summed E-state index contributed by atoms with van der Waals surface area (Å²) in [4.78, 5) is 0. The van der Waals surface area contributed by atoms with Crippen LogP contribution in [0, 0.1) is 11.6 Å². The molecule has 0 aliphatic heterocycles. The number of benzene rings is 2. The van der Waals surface area contributed by atoms with Gasteiger partial charge in [0.15, 0.2) is 0 Å². The second-order valence-electron chi connectivity index (χ2n) is 3.99. The highest BCUT2D eigenvalue weighted by atomic mass is 35.5. The van der Waals surface area contributed by atoms with Crippen LogP contribution in [0.3, 0.4) is 0 Å². The minimum atomic E-state index is -0.597. The molecule has 0 saturated carbocycles. The first-order valence-corrected chi connectivity index (χ1v) is 5.87. The van der Waals surface area contributed by atoms with E-state index in [2.05, 4.69) is 5.32 Å². The van der Waals surface area contributed by atoms with Crippen LogP contribution >= 0.6 is 11.6 Å². The van der Waals surface area contributed by atoms with Crippen molar-refractivity contribution >= 4 is 11.6 Å². The molecule has 1 N–H and O–H groups in total. The number of halogens is 3. The summed E-state index contributed by atoms with van der Waals surface area (Å²) >= 11 is 5.94. The van der Waals surface area contributed by atoms with E-state index in [1.54, 1.807) is 12.1 Å². The van der Waals surface area contributed by atoms with Gasteiger partial charge in [-0.3, -0.25) is 0 Å². The van der Waals surface area contributed by atoms with Gasteiger partial charge < -0.3 is 5.32 Å². The van der Waals surface area contributed by atoms with Gasteiger partial charge in [0.05, 0.1) is 0 Å². The second kappa shape index (κ2) is 5.46. The van der Waals surface area contributed by atoms with Crippen molar-refractivity contribution in [1.82, 2.24) is 5.32 Å². The van der Waals surface area contributed by atoms with Gasteiger partial charge >= 0.3 is 0 Å². The van der Waals surface area contributed by atoms with E-state index in [9.17, 15) is 8.78 Å². The summed E-state index contributed by atoms with van der Waals surface area (Å²) in [5.74, 6) is -1.19. The smallest absolute Gasteiger partial charge is 0.126 e. The highest BCUT2D eigenvalue weighted by Crippen LogP contribution is 2.28. The Morgan fingerprint density at radius 1 is 1.06 bits per heavy atom. The van der Waals surface area contributed by atoms with Crippen molar-refractivity contribution in [3.63, 3.8) is 0 Å². The molecule has 0 radical (unpaired) electrons. The van der Waals surface area contributed by atoms with Crippen LogP contribution < -0.4 is 5.32 Å².